The van der Waals surface area contributed by atoms with Crippen LogP contribution >= 0.6 is 0 Å². The summed E-state index contributed by atoms with van der Waals surface area (Å²) in [5, 5.41) is 10.0. The molecule has 19 heavy (non-hydrogen) atoms. The molecule has 2 heterocycles. The zero-order chi connectivity index (χ0) is 13.2. The monoisotopic (exact) mass is 248 g/mol. The number of anilines is 1. The molecular formula is C15H12N4. The molecule has 92 valence electrons. The number of aromatic nitrogens is 2. The molecule has 2 aromatic heterocycles. The second-order valence-electron chi connectivity index (χ2n) is 4.42. The summed E-state index contributed by atoms with van der Waals surface area (Å²) in [6.45, 7) is 0.699. The number of pyridine rings is 1. The van der Waals surface area contributed by atoms with E-state index in [-0.39, 0.29) is 0 Å². The topological polar surface area (TPSA) is 67.6 Å². The van der Waals surface area contributed by atoms with E-state index in [1.807, 2.05) is 30.5 Å². The average Bonchev–Trinajstić information content (AvgIpc) is 2.81. The summed E-state index contributed by atoms with van der Waals surface area (Å²) in [7, 11) is 0. The van der Waals surface area contributed by atoms with Crippen molar-refractivity contribution in [2.45, 2.75) is 6.54 Å². The summed E-state index contributed by atoms with van der Waals surface area (Å²) in [6, 6.07) is 13.7. The quantitative estimate of drug-likeness (QED) is 0.708. The summed E-state index contributed by atoms with van der Waals surface area (Å²) in [5.74, 6) is 0. The van der Waals surface area contributed by atoms with Crippen molar-refractivity contribution in [3.05, 3.63) is 60.0 Å². The van der Waals surface area contributed by atoms with Crippen molar-refractivity contribution in [2.75, 3.05) is 5.73 Å². The van der Waals surface area contributed by atoms with Crippen LogP contribution in [-0.4, -0.2) is 9.55 Å². The van der Waals surface area contributed by atoms with E-state index >= 15 is 0 Å². The Labute approximate surface area is 110 Å². The molecule has 4 heteroatoms. The molecule has 0 radical (unpaired) electrons. The van der Waals surface area contributed by atoms with E-state index in [9.17, 15) is 0 Å². The van der Waals surface area contributed by atoms with Crippen molar-refractivity contribution < 1.29 is 0 Å². The van der Waals surface area contributed by atoms with E-state index in [1.165, 1.54) is 0 Å². The highest BCUT2D eigenvalue weighted by atomic mass is 15.0. The van der Waals surface area contributed by atoms with Gasteiger partial charge in [-0.25, -0.2) is 4.98 Å². The number of nitrogens with two attached hydrogens (primary N) is 1. The van der Waals surface area contributed by atoms with Gasteiger partial charge >= 0.3 is 0 Å². The van der Waals surface area contributed by atoms with Gasteiger partial charge in [0.15, 0.2) is 0 Å². The van der Waals surface area contributed by atoms with Gasteiger partial charge in [0.2, 0.25) is 0 Å². The molecule has 0 aliphatic rings. The summed E-state index contributed by atoms with van der Waals surface area (Å²) < 4.78 is 2.11. The first-order valence-corrected chi connectivity index (χ1v) is 5.96. The lowest BCUT2D eigenvalue weighted by atomic mass is 10.2. The van der Waals surface area contributed by atoms with E-state index in [4.69, 9.17) is 11.0 Å². The van der Waals surface area contributed by atoms with Crippen molar-refractivity contribution in [2.24, 2.45) is 0 Å². The van der Waals surface area contributed by atoms with Crippen LogP contribution in [0.3, 0.4) is 0 Å². The predicted molar refractivity (Wildman–Crippen MR) is 74.4 cm³/mol. The molecule has 0 bridgehead atoms. The van der Waals surface area contributed by atoms with Crippen molar-refractivity contribution in [3.63, 3.8) is 0 Å². The molecule has 0 aliphatic carbocycles. The minimum atomic E-state index is 0.438. The van der Waals surface area contributed by atoms with Gasteiger partial charge in [0.25, 0.3) is 0 Å². The Morgan fingerprint density at radius 3 is 2.95 bits per heavy atom. The van der Waals surface area contributed by atoms with Crippen molar-refractivity contribution in [1.29, 1.82) is 5.26 Å². The van der Waals surface area contributed by atoms with Gasteiger partial charge in [-0.15, -0.1) is 0 Å². The van der Waals surface area contributed by atoms with E-state index in [0.29, 0.717) is 12.2 Å². The average molecular weight is 248 g/mol. The molecule has 2 N–H and O–H groups in total. The lowest BCUT2D eigenvalue weighted by Gasteiger charge is -2.06. The van der Waals surface area contributed by atoms with Crippen LogP contribution in [0, 0.1) is 11.3 Å². The first-order valence-electron chi connectivity index (χ1n) is 5.96. The molecule has 0 amide bonds. The molecular weight excluding hydrogens is 236 g/mol. The van der Waals surface area contributed by atoms with Crippen LogP contribution in [0.4, 0.5) is 5.69 Å². The lowest BCUT2D eigenvalue weighted by Crippen LogP contribution is -1.99. The van der Waals surface area contributed by atoms with Crippen LogP contribution in [0.25, 0.3) is 10.9 Å². The lowest BCUT2D eigenvalue weighted by molar-refractivity contribution is 0.834. The first kappa shape index (κ1) is 11.3. The largest absolute Gasteiger partial charge is 0.399 e. The van der Waals surface area contributed by atoms with Crippen LogP contribution in [0.1, 0.15) is 11.3 Å². The minimum Gasteiger partial charge on any atom is -0.399 e. The summed E-state index contributed by atoms with van der Waals surface area (Å²) in [5.41, 5.74) is 9.15. The molecule has 4 nitrogen and oxygen atoms in total. The van der Waals surface area contributed by atoms with Crippen molar-refractivity contribution >= 4 is 16.6 Å². The first-order chi connectivity index (χ1) is 9.26. The van der Waals surface area contributed by atoms with Crippen LogP contribution in [0.5, 0.6) is 0 Å². The number of benzene rings is 1. The Hall–Kier alpha value is -2.80. The zero-order valence-corrected chi connectivity index (χ0v) is 10.2. The van der Waals surface area contributed by atoms with E-state index in [1.54, 1.807) is 12.3 Å². The number of nitrogens with zero attached hydrogens (tertiary/aromatic N) is 3. The molecule has 0 unspecified atom stereocenters. The Bertz CT molecular complexity index is 780. The SMILES string of the molecule is N#Cc1cc(Cn2ccc3ccc(N)cc32)ccn1. The van der Waals surface area contributed by atoms with Gasteiger partial charge in [-0.3, -0.25) is 0 Å². The maximum absolute atomic E-state index is 8.86. The van der Waals surface area contributed by atoms with Gasteiger partial charge in [-0.2, -0.15) is 5.26 Å². The van der Waals surface area contributed by atoms with Gasteiger partial charge < -0.3 is 10.3 Å². The third kappa shape index (κ3) is 2.14. The van der Waals surface area contributed by atoms with E-state index < -0.39 is 0 Å². The third-order valence-electron chi connectivity index (χ3n) is 3.09. The van der Waals surface area contributed by atoms with Gasteiger partial charge in [0.05, 0.1) is 5.52 Å². The molecule has 0 spiro atoms. The Morgan fingerprint density at radius 2 is 2.11 bits per heavy atom. The number of hydrogen-bond donors (Lipinski definition) is 1. The van der Waals surface area contributed by atoms with Gasteiger partial charge in [-0.05, 0) is 41.3 Å². The second kappa shape index (κ2) is 4.46. The summed E-state index contributed by atoms with van der Waals surface area (Å²) in [6.07, 6.45) is 3.69. The number of fused-ring (bicyclic) bond motifs is 1. The Morgan fingerprint density at radius 1 is 1.21 bits per heavy atom. The highest BCUT2D eigenvalue weighted by Gasteiger charge is 2.03. The smallest absolute Gasteiger partial charge is 0.140 e. The molecule has 3 aromatic rings. The maximum atomic E-state index is 8.86. The number of nitriles is 1. The van der Waals surface area contributed by atoms with Crippen LogP contribution < -0.4 is 5.73 Å². The Kier molecular flexibility index (Phi) is 2.66. The van der Waals surface area contributed by atoms with Gasteiger partial charge in [0.1, 0.15) is 11.8 Å². The fraction of sp³-hybridized carbons (Fsp3) is 0.0667. The molecule has 0 fully saturated rings. The van der Waals surface area contributed by atoms with Gasteiger partial charge in [0, 0.05) is 24.6 Å². The molecule has 0 aliphatic heterocycles. The Balaban J connectivity index is 2.01. The van der Waals surface area contributed by atoms with Crippen LogP contribution in [0.2, 0.25) is 0 Å². The molecule has 3 rings (SSSR count). The normalized spacial score (nSPS) is 10.5. The highest BCUT2D eigenvalue weighted by molar-refractivity contribution is 5.83. The molecule has 0 saturated heterocycles. The number of hydrogen-bond acceptors (Lipinski definition) is 3. The number of rotatable bonds is 2. The molecule has 1 aromatic carbocycles. The maximum Gasteiger partial charge on any atom is 0.140 e. The highest BCUT2D eigenvalue weighted by Crippen LogP contribution is 2.20. The van der Waals surface area contributed by atoms with Crippen molar-refractivity contribution in [1.82, 2.24) is 9.55 Å². The second-order valence-corrected chi connectivity index (χ2v) is 4.42. The van der Waals surface area contributed by atoms with Crippen LogP contribution in [0.15, 0.2) is 48.8 Å². The van der Waals surface area contributed by atoms with Crippen LogP contribution in [-0.2, 0) is 6.54 Å². The molecule has 0 saturated carbocycles. The summed E-state index contributed by atoms with van der Waals surface area (Å²) >= 11 is 0. The van der Waals surface area contributed by atoms with E-state index in [2.05, 4.69) is 21.7 Å². The fourth-order valence-electron chi connectivity index (χ4n) is 2.17. The predicted octanol–water partition coefficient (Wildman–Crippen LogP) is 2.54. The van der Waals surface area contributed by atoms with Gasteiger partial charge in [-0.1, -0.05) is 6.07 Å². The molecule has 0 atom stereocenters. The summed E-state index contributed by atoms with van der Waals surface area (Å²) in [4.78, 5) is 3.97. The minimum absolute atomic E-state index is 0.438. The fourth-order valence-corrected chi connectivity index (χ4v) is 2.17. The standard InChI is InChI=1S/C15H12N4/c16-9-14-7-11(3-5-18-14)10-19-6-4-12-1-2-13(17)8-15(12)19/h1-8H,10,17H2. The zero-order valence-electron chi connectivity index (χ0n) is 10.2. The van der Waals surface area contributed by atoms with E-state index in [0.717, 1.165) is 22.2 Å². The van der Waals surface area contributed by atoms with Crippen molar-refractivity contribution in [3.8, 4) is 6.07 Å². The third-order valence-corrected chi connectivity index (χ3v) is 3.09. The number of nitrogen functional groups attached to an aromatic ring is 1.